The predicted octanol–water partition coefficient (Wildman–Crippen LogP) is 2.20. The largest absolute Gasteiger partial charge is 0.490 e. The average molecular weight is 278 g/mol. The Morgan fingerprint density at radius 1 is 1.10 bits per heavy atom. The van der Waals surface area contributed by atoms with Crippen LogP contribution in [-0.4, -0.2) is 31.8 Å². The summed E-state index contributed by atoms with van der Waals surface area (Å²) >= 11 is 0. The smallest absolute Gasteiger partial charge is 0.338 e. The van der Waals surface area contributed by atoms with Crippen LogP contribution in [0.3, 0.4) is 0 Å². The van der Waals surface area contributed by atoms with E-state index in [0.717, 1.165) is 0 Å². The molecule has 0 aromatic heterocycles. The molecule has 0 fully saturated rings. The first kappa shape index (κ1) is 15.8. The molecule has 0 saturated carbocycles. The van der Waals surface area contributed by atoms with Gasteiger partial charge in [-0.3, -0.25) is 4.79 Å². The Hall–Kier alpha value is -2.30. The van der Waals surface area contributed by atoms with Gasteiger partial charge < -0.3 is 14.2 Å². The van der Waals surface area contributed by atoms with Crippen LogP contribution in [-0.2, 0) is 19.1 Å². The van der Waals surface area contributed by atoms with Crippen molar-refractivity contribution in [1.29, 1.82) is 0 Å². The number of hydrogen-bond acceptors (Lipinski definition) is 5. The van der Waals surface area contributed by atoms with E-state index in [4.69, 9.17) is 14.2 Å². The number of hydrogen-bond donors (Lipinski definition) is 0. The van der Waals surface area contributed by atoms with Gasteiger partial charge in [0.2, 0.25) is 0 Å². The minimum Gasteiger partial charge on any atom is -0.490 e. The fourth-order valence-corrected chi connectivity index (χ4v) is 1.43. The topological polar surface area (TPSA) is 61.8 Å². The maximum atomic E-state index is 11.5. The van der Waals surface area contributed by atoms with E-state index in [1.165, 1.54) is 6.92 Å². The van der Waals surface area contributed by atoms with Gasteiger partial charge in [0.15, 0.2) is 0 Å². The first-order valence-electron chi connectivity index (χ1n) is 6.27. The van der Waals surface area contributed by atoms with Gasteiger partial charge >= 0.3 is 11.9 Å². The first-order chi connectivity index (χ1) is 9.54. The molecule has 0 heterocycles. The van der Waals surface area contributed by atoms with Gasteiger partial charge in [-0.15, -0.1) is 0 Å². The highest BCUT2D eigenvalue weighted by Crippen LogP contribution is 2.18. The summed E-state index contributed by atoms with van der Waals surface area (Å²) in [5.74, 6) is -0.150. The van der Waals surface area contributed by atoms with Crippen LogP contribution < -0.4 is 4.74 Å². The third kappa shape index (κ3) is 5.14. The highest BCUT2D eigenvalue weighted by molar-refractivity contribution is 6.15. The molecule has 0 aliphatic heterocycles. The van der Waals surface area contributed by atoms with Crippen molar-refractivity contribution in [1.82, 2.24) is 0 Å². The lowest BCUT2D eigenvalue weighted by atomic mass is 10.1. The van der Waals surface area contributed by atoms with Crippen LogP contribution in [0.4, 0.5) is 0 Å². The molecule has 1 rings (SSSR count). The predicted molar refractivity (Wildman–Crippen MR) is 74.2 cm³/mol. The molecule has 1 aromatic carbocycles. The minimum atomic E-state index is -0.434. The Morgan fingerprint density at radius 2 is 1.75 bits per heavy atom. The molecule has 0 amide bonds. The van der Waals surface area contributed by atoms with E-state index < -0.39 is 5.97 Å². The quantitative estimate of drug-likeness (QED) is 0.435. The molecule has 0 atom stereocenters. The zero-order chi connectivity index (χ0) is 15.0. The normalized spacial score (nSPS) is 9.70. The van der Waals surface area contributed by atoms with Crippen LogP contribution in [0.5, 0.6) is 5.75 Å². The number of benzene rings is 1. The molecule has 0 saturated heterocycles. The number of esters is 2. The van der Waals surface area contributed by atoms with Crippen molar-refractivity contribution < 1.29 is 23.8 Å². The van der Waals surface area contributed by atoms with Crippen LogP contribution in [0.1, 0.15) is 19.4 Å². The SMILES string of the molecule is C=C(C(=O)OCC)c1ccc(OCCOC(C)=O)cc1. The summed E-state index contributed by atoms with van der Waals surface area (Å²) in [6.07, 6.45) is 0. The summed E-state index contributed by atoms with van der Waals surface area (Å²) < 4.78 is 15.0. The monoisotopic (exact) mass is 278 g/mol. The lowest BCUT2D eigenvalue weighted by Crippen LogP contribution is -2.09. The molecular weight excluding hydrogens is 260 g/mol. The lowest BCUT2D eigenvalue weighted by Gasteiger charge is -2.08. The molecule has 0 unspecified atom stereocenters. The molecular formula is C15H18O5. The lowest BCUT2D eigenvalue weighted by molar-refractivity contribution is -0.141. The first-order valence-corrected chi connectivity index (χ1v) is 6.27. The van der Waals surface area contributed by atoms with Crippen LogP contribution in [0.2, 0.25) is 0 Å². The van der Waals surface area contributed by atoms with Gasteiger partial charge in [0.05, 0.1) is 12.2 Å². The summed E-state index contributed by atoms with van der Waals surface area (Å²) in [4.78, 5) is 22.1. The molecule has 108 valence electrons. The van der Waals surface area contributed by atoms with Gasteiger partial charge in [-0.25, -0.2) is 4.79 Å². The van der Waals surface area contributed by atoms with Crippen LogP contribution in [0.25, 0.3) is 5.57 Å². The van der Waals surface area contributed by atoms with Crippen LogP contribution >= 0.6 is 0 Å². The molecule has 0 bridgehead atoms. The number of ether oxygens (including phenoxy) is 3. The van der Waals surface area contributed by atoms with Crippen molar-refractivity contribution in [3.63, 3.8) is 0 Å². The van der Waals surface area contributed by atoms with E-state index in [1.807, 2.05) is 0 Å². The molecule has 1 aromatic rings. The van der Waals surface area contributed by atoms with E-state index in [1.54, 1.807) is 31.2 Å². The summed E-state index contributed by atoms with van der Waals surface area (Å²) in [5.41, 5.74) is 0.981. The summed E-state index contributed by atoms with van der Waals surface area (Å²) in [6.45, 7) is 7.57. The van der Waals surface area contributed by atoms with Crippen molar-refractivity contribution in [2.45, 2.75) is 13.8 Å². The fraction of sp³-hybridized carbons (Fsp3) is 0.333. The van der Waals surface area contributed by atoms with Gasteiger partial charge in [0, 0.05) is 6.92 Å². The van der Waals surface area contributed by atoms with Gasteiger partial charge in [0.25, 0.3) is 0 Å². The highest BCUT2D eigenvalue weighted by Gasteiger charge is 2.10. The Labute approximate surface area is 118 Å². The highest BCUT2D eigenvalue weighted by atomic mass is 16.6. The van der Waals surface area contributed by atoms with Crippen LogP contribution in [0, 0.1) is 0 Å². The Kier molecular flexibility index (Phi) is 6.29. The van der Waals surface area contributed by atoms with Crippen molar-refractivity contribution in [3.8, 4) is 5.75 Å². The Morgan fingerprint density at radius 3 is 2.30 bits per heavy atom. The van der Waals surface area contributed by atoms with Crippen molar-refractivity contribution in [3.05, 3.63) is 36.4 Å². The Bertz CT molecular complexity index is 476. The number of carbonyl (C=O) groups excluding carboxylic acids is 2. The van der Waals surface area contributed by atoms with Gasteiger partial charge in [-0.1, -0.05) is 18.7 Å². The minimum absolute atomic E-state index is 0.201. The molecule has 20 heavy (non-hydrogen) atoms. The zero-order valence-corrected chi connectivity index (χ0v) is 11.7. The van der Waals surface area contributed by atoms with Gasteiger partial charge in [-0.2, -0.15) is 0 Å². The van der Waals surface area contributed by atoms with E-state index in [9.17, 15) is 9.59 Å². The van der Waals surface area contributed by atoms with E-state index in [-0.39, 0.29) is 19.2 Å². The van der Waals surface area contributed by atoms with Gasteiger partial charge in [-0.05, 0) is 24.6 Å². The van der Waals surface area contributed by atoms with Crippen molar-refractivity contribution in [2.75, 3.05) is 19.8 Å². The molecule has 5 nitrogen and oxygen atoms in total. The maximum Gasteiger partial charge on any atom is 0.338 e. The molecule has 5 heteroatoms. The second-order valence-electron chi connectivity index (χ2n) is 3.91. The zero-order valence-electron chi connectivity index (χ0n) is 11.7. The Balaban J connectivity index is 2.49. The number of carbonyl (C=O) groups is 2. The fourth-order valence-electron chi connectivity index (χ4n) is 1.43. The third-order valence-corrected chi connectivity index (χ3v) is 2.38. The maximum absolute atomic E-state index is 11.5. The second kappa shape index (κ2) is 7.99. The molecule has 0 N–H and O–H groups in total. The third-order valence-electron chi connectivity index (χ3n) is 2.38. The molecule has 0 spiro atoms. The number of rotatable bonds is 7. The average Bonchev–Trinajstić information content (AvgIpc) is 2.43. The molecule has 0 aliphatic carbocycles. The molecule has 0 radical (unpaired) electrons. The van der Waals surface area contributed by atoms with E-state index in [0.29, 0.717) is 23.5 Å². The van der Waals surface area contributed by atoms with E-state index in [2.05, 4.69) is 6.58 Å². The van der Waals surface area contributed by atoms with Crippen molar-refractivity contribution >= 4 is 17.5 Å². The van der Waals surface area contributed by atoms with Crippen molar-refractivity contribution in [2.24, 2.45) is 0 Å². The summed E-state index contributed by atoms with van der Waals surface area (Å²) in [6, 6.07) is 6.88. The standard InChI is InChI=1S/C15H18O5/c1-4-18-15(17)11(2)13-5-7-14(8-6-13)20-10-9-19-12(3)16/h5-8H,2,4,9-10H2,1,3H3. The van der Waals surface area contributed by atoms with E-state index >= 15 is 0 Å². The summed E-state index contributed by atoms with van der Waals surface area (Å²) in [7, 11) is 0. The van der Waals surface area contributed by atoms with Gasteiger partial charge in [0.1, 0.15) is 19.0 Å². The van der Waals surface area contributed by atoms with Crippen LogP contribution in [0.15, 0.2) is 30.8 Å². The summed E-state index contributed by atoms with van der Waals surface area (Å²) in [5, 5.41) is 0. The molecule has 0 aliphatic rings. The second-order valence-corrected chi connectivity index (χ2v) is 3.91.